The summed E-state index contributed by atoms with van der Waals surface area (Å²) in [6.45, 7) is 1.79. The van der Waals surface area contributed by atoms with E-state index in [1.807, 2.05) is 30.3 Å². The van der Waals surface area contributed by atoms with E-state index in [4.69, 9.17) is 4.42 Å². The number of hydrogen-bond acceptors (Lipinski definition) is 7. The number of anilines is 1. The van der Waals surface area contributed by atoms with Crippen LogP contribution in [0.5, 0.6) is 0 Å². The van der Waals surface area contributed by atoms with E-state index in [0.29, 0.717) is 11.6 Å². The van der Waals surface area contributed by atoms with Gasteiger partial charge in [-0.1, -0.05) is 36.0 Å². The lowest BCUT2D eigenvalue weighted by Crippen LogP contribution is -2.22. The Morgan fingerprint density at radius 1 is 1.14 bits per heavy atom. The molecule has 0 aliphatic carbocycles. The molecule has 3 aromatic rings. The molecule has 1 amide bonds. The first-order chi connectivity index (χ1) is 13.8. The summed E-state index contributed by atoms with van der Waals surface area (Å²) in [7, 11) is -0.674. The molecule has 1 heterocycles. The topological polar surface area (TPSA) is 105 Å². The van der Waals surface area contributed by atoms with Crippen LogP contribution in [-0.2, 0) is 14.8 Å². The molecule has 3 rings (SSSR count). The number of sulfonamides is 1. The van der Waals surface area contributed by atoms with Gasteiger partial charge in [-0.2, -0.15) is 0 Å². The van der Waals surface area contributed by atoms with E-state index < -0.39 is 10.0 Å². The average molecular weight is 433 g/mol. The molecule has 0 aliphatic heterocycles. The molecule has 10 heteroatoms. The summed E-state index contributed by atoms with van der Waals surface area (Å²) in [5.74, 6) is 0.114. The first-order valence-corrected chi connectivity index (χ1v) is 11.0. The van der Waals surface area contributed by atoms with E-state index >= 15 is 0 Å². The molecule has 0 fully saturated rings. The van der Waals surface area contributed by atoms with Gasteiger partial charge in [0.05, 0.1) is 10.6 Å². The minimum Gasteiger partial charge on any atom is -0.411 e. The third kappa shape index (κ3) is 5.03. The third-order valence-corrected chi connectivity index (χ3v) is 6.65. The Bertz CT molecular complexity index is 1110. The number of aromatic nitrogens is 2. The molecule has 0 spiro atoms. The number of nitrogens with one attached hydrogen (secondary N) is 1. The van der Waals surface area contributed by atoms with E-state index in [1.165, 1.54) is 26.2 Å². The molecular formula is C19H20N4O4S2. The van der Waals surface area contributed by atoms with Crippen molar-refractivity contribution in [3.63, 3.8) is 0 Å². The summed E-state index contributed by atoms with van der Waals surface area (Å²) in [4.78, 5) is 12.4. The first-order valence-electron chi connectivity index (χ1n) is 8.62. The van der Waals surface area contributed by atoms with Crippen molar-refractivity contribution >= 4 is 33.4 Å². The van der Waals surface area contributed by atoms with E-state index in [-0.39, 0.29) is 21.8 Å². The number of hydrogen-bond donors (Lipinski definition) is 1. The number of carbonyl (C=O) groups excluding carboxylic acids is 1. The summed E-state index contributed by atoms with van der Waals surface area (Å²) in [6.07, 6.45) is 0. The Labute approximate surface area is 173 Å². The zero-order chi connectivity index (χ0) is 21.0. The van der Waals surface area contributed by atoms with Crippen molar-refractivity contribution in [2.24, 2.45) is 0 Å². The Morgan fingerprint density at radius 3 is 2.55 bits per heavy atom. The molecule has 1 N–H and O–H groups in total. The largest absolute Gasteiger partial charge is 0.411 e. The maximum Gasteiger partial charge on any atom is 0.277 e. The highest BCUT2D eigenvalue weighted by atomic mass is 32.2. The Balaban J connectivity index is 1.65. The molecule has 2 aromatic carbocycles. The minimum atomic E-state index is -3.59. The highest BCUT2D eigenvalue weighted by molar-refractivity contribution is 7.99. The van der Waals surface area contributed by atoms with Crippen LogP contribution in [0.3, 0.4) is 0 Å². The normalized spacial score (nSPS) is 11.6. The smallest absolute Gasteiger partial charge is 0.277 e. The number of rotatable bonds is 7. The Morgan fingerprint density at radius 2 is 1.86 bits per heavy atom. The predicted molar refractivity (Wildman–Crippen MR) is 111 cm³/mol. The Hall–Kier alpha value is -2.69. The molecular weight excluding hydrogens is 412 g/mol. The summed E-state index contributed by atoms with van der Waals surface area (Å²) in [5, 5.41) is 10.9. The van der Waals surface area contributed by atoms with Crippen LogP contribution in [0.15, 0.2) is 63.1 Å². The van der Waals surface area contributed by atoms with Crippen molar-refractivity contribution in [3.05, 3.63) is 54.1 Å². The monoisotopic (exact) mass is 432 g/mol. The van der Waals surface area contributed by atoms with Crippen molar-refractivity contribution < 1.29 is 17.6 Å². The predicted octanol–water partition coefficient (Wildman–Crippen LogP) is 3.03. The van der Waals surface area contributed by atoms with Gasteiger partial charge in [0, 0.05) is 25.3 Å². The molecule has 0 bridgehead atoms. The van der Waals surface area contributed by atoms with E-state index in [1.54, 1.807) is 13.0 Å². The van der Waals surface area contributed by atoms with Gasteiger partial charge in [-0.05, 0) is 36.8 Å². The van der Waals surface area contributed by atoms with E-state index in [9.17, 15) is 13.2 Å². The van der Waals surface area contributed by atoms with Gasteiger partial charge < -0.3 is 9.73 Å². The summed E-state index contributed by atoms with van der Waals surface area (Å²) < 4.78 is 31.3. The van der Waals surface area contributed by atoms with Crippen molar-refractivity contribution in [1.82, 2.24) is 14.5 Å². The van der Waals surface area contributed by atoms with Crippen LogP contribution in [0.2, 0.25) is 0 Å². The van der Waals surface area contributed by atoms with Gasteiger partial charge in [0.15, 0.2) is 0 Å². The van der Waals surface area contributed by atoms with Crippen LogP contribution in [-0.4, -0.2) is 48.7 Å². The highest BCUT2D eigenvalue weighted by Crippen LogP contribution is 2.25. The third-order valence-electron chi connectivity index (χ3n) is 4.02. The fourth-order valence-electron chi connectivity index (χ4n) is 2.39. The quantitative estimate of drug-likeness (QED) is 0.572. The zero-order valence-electron chi connectivity index (χ0n) is 16.1. The fraction of sp³-hybridized carbons (Fsp3) is 0.211. The van der Waals surface area contributed by atoms with E-state index in [0.717, 1.165) is 27.2 Å². The Kier molecular flexibility index (Phi) is 6.36. The average Bonchev–Trinajstić information content (AvgIpc) is 3.17. The molecule has 0 aliphatic rings. The minimum absolute atomic E-state index is 0.0422. The first kappa shape index (κ1) is 21.0. The van der Waals surface area contributed by atoms with Crippen LogP contribution >= 0.6 is 11.8 Å². The molecule has 0 radical (unpaired) electrons. The zero-order valence-corrected chi connectivity index (χ0v) is 17.8. The maximum absolute atomic E-state index is 12.3. The summed E-state index contributed by atoms with van der Waals surface area (Å²) >= 11 is 1.10. The highest BCUT2D eigenvalue weighted by Gasteiger charge is 2.19. The molecule has 0 unspecified atom stereocenters. The standard InChI is InChI=1S/C19H20N4O4S2/c1-13-9-10-15(29(25,26)23(2)3)11-16(13)20-17(24)12-28-19-22-21-18(27-19)14-7-5-4-6-8-14/h4-11H,12H2,1-3H3,(H,20,24). The molecule has 8 nitrogen and oxygen atoms in total. The van der Waals surface area contributed by atoms with Gasteiger partial charge in [-0.15, -0.1) is 10.2 Å². The van der Waals surface area contributed by atoms with Crippen molar-refractivity contribution in [1.29, 1.82) is 0 Å². The SMILES string of the molecule is Cc1ccc(S(=O)(=O)N(C)C)cc1NC(=O)CSc1nnc(-c2ccccc2)o1. The molecule has 0 saturated carbocycles. The molecule has 0 atom stereocenters. The van der Waals surface area contributed by atoms with Crippen LogP contribution in [0, 0.1) is 6.92 Å². The van der Waals surface area contributed by atoms with Crippen molar-refractivity contribution in [2.75, 3.05) is 25.2 Å². The molecule has 1 aromatic heterocycles. The number of nitrogens with zero attached hydrogens (tertiary/aromatic N) is 3. The fourth-order valence-corrected chi connectivity index (χ4v) is 3.88. The maximum atomic E-state index is 12.3. The summed E-state index contributed by atoms with van der Waals surface area (Å²) in [5.41, 5.74) is 1.99. The van der Waals surface area contributed by atoms with Crippen LogP contribution in [0.4, 0.5) is 5.69 Å². The molecule has 152 valence electrons. The number of benzene rings is 2. The lowest BCUT2D eigenvalue weighted by molar-refractivity contribution is -0.113. The second kappa shape index (κ2) is 8.76. The van der Waals surface area contributed by atoms with Gasteiger partial charge in [0.25, 0.3) is 5.22 Å². The second-order valence-corrected chi connectivity index (χ2v) is 9.42. The van der Waals surface area contributed by atoms with E-state index in [2.05, 4.69) is 15.5 Å². The number of carbonyl (C=O) groups is 1. The van der Waals surface area contributed by atoms with Gasteiger partial charge in [0.2, 0.25) is 21.8 Å². The van der Waals surface area contributed by atoms with Crippen LogP contribution in [0.25, 0.3) is 11.5 Å². The van der Waals surface area contributed by atoms with Gasteiger partial charge in [-0.25, -0.2) is 12.7 Å². The second-order valence-electron chi connectivity index (χ2n) is 6.34. The molecule has 29 heavy (non-hydrogen) atoms. The van der Waals surface area contributed by atoms with Crippen LogP contribution < -0.4 is 5.32 Å². The number of thioether (sulfide) groups is 1. The lowest BCUT2D eigenvalue weighted by atomic mass is 10.2. The lowest BCUT2D eigenvalue weighted by Gasteiger charge is -2.14. The van der Waals surface area contributed by atoms with Crippen LogP contribution in [0.1, 0.15) is 5.56 Å². The van der Waals surface area contributed by atoms with Crippen molar-refractivity contribution in [2.45, 2.75) is 17.0 Å². The van der Waals surface area contributed by atoms with Gasteiger partial charge in [-0.3, -0.25) is 4.79 Å². The number of aryl methyl sites for hydroxylation is 1. The molecule has 0 saturated heterocycles. The van der Waals surface area contributed by atoms with Gasteiger partial charge in [0.1, 0.15) is 0 Å². The number of amides is 1. The van der Waals surface area contributed by atoms with Gasteiger partial charge >= 0.3 is 0 Å². The van der Waals surface area contributed by atoms with Crippen molar-refractivity contribution in [3.8, 4) is 11.5 Å². The summed E-state index contributed by atoms with van der Waals surface area (Å²) in [6, 6.07) is 14.0.